The van der Waals surface area contributed by atoms with Gasteiger partial charge in [-0.15, -0.1) is 0 Å². The summed E-state index contributed by atoms with van der Waals surface area (Å²) in [5.74, 6) is -1.27. The Morgan fingerprint density at radius 2 is 2.11 bits per heavy atom. The van der Waals surface area contributed by atoms with Crippen LogP contribution < -0.4 is 10.6 Å². The molecule has 0 aliphatic heterocycles. The molecule has 0 saturated heterocycles. The molecule has 0 atom stereocenters. The zero-order valence-corrected chi connectivity index (χ0v) is 10.8. The summed E-state index contributed by atoms with van der Waals surface area (Å²) in [4.78, 5) is 22.4. The quantitative estimate of drug-likeness (QED) is 0.691. The Labute approximate surface area is 110 Å². The van der Waals surface area contributed by atoms with Gasteiger partial charge in [-0.25, -0.2) is 4.79 Å². The molecular formula is C12H15ClN2O3. The first kappa shape index (κ1) is 14.5. The topological polar surface area (TPSA) is 78.4 Å². The van der Waals surface area contributed by atoms with E-state index >= 15 is 0 Å². The largest absolute Gasteiger partial charge is 0.478 e. The molecular weight excluding hydrogens is 256 g/mol. The molecule has 5 nitrogen and oxygen atoms in total. The van der Waals surface area contributed by atoms with Gasteiger partial charge in [0.1, 0.15) is 0 Å². The minimum atomic E-state index is -1.06. The SMILES string of the molecule is CCNCCC(=O)Nc1cc(C(=O)O)ccc1Cl. The van der Waals surface area contributed by atoms with Gasteiger partial charge in [0.2, 0.25) is 5.91 Å². The third-order valence-electron chi connectivity index (χ3n) is 2.27. The third-order valence-corrected chi connectivity index (χ3v) is 2.60. The lowest BCUT2D eigenvalue weighted by molar-refractivity contribution is -0.116. The first-order valence-corrected chi connectivity index (χ1v) is 5.95. The summed E-state index contributed by atoms with van der Waals surface area (Å²) in [6, 6.07) is 4.18. The van der Waals surface area contributed by atoms with Crippen LogP contribution >= 0.6 is 11.6 Å². The van der Waals surface area contributed by atoms with Gasteiger partial charge in [-0.1, -0.05) is 18.5 Å². The van der Waals surface area contributed by atoms with Gasteiger partial charge in [0.15, 0.2) is 0 Å². The summed E-state index contributed by atoms with van der Waals surface area (Å²) >= 11 is 5.88. The van der Waals surface area contributed by atoms with Crippen LogP contribution in [0.3, 0.4) is 0 Å². The Balaban J connectivity index is 2.68. The van der Waals surface area contributed by atoms with Gasteiger partial charge >= 0.3 is 5.97 Å². The van der Waals surface area contributed by atoms with Crippen molar-refractivity contribution in [3.63, 3.8) is 0 Å². The van der Waals surface area contributed by atoms with Crippen molar-refractivity contribution in [3.8, 4) is 0 Å². The van der Waals surface area contributed by atoms with Crippen molar-refractivity contribution in [1.82, 2.24) is 5.32 Å². The molecule has 98 valence electrons. The van der Waals surface area contributed by atoms with E-state index in [9.17, 15) is 9.59 Å². The van der Waals surface area contributed by atoms with E-state index in [0.29, 0.717) is 23.7 Å². The van der Waals surface area contributed by atoms with Gasteiger partial charge in [0.25, 0.3) is 0 Å². The maximum Gasteiger partial charge on any atom is 0.335 e. The Morgan fingerprint density at radius 1 is 1.39 bits per heavy atom. The van der Waals surface area contributed by atoms with E-state index in [0.717, 1.165) is 6.54 Å². The van der Waals surface area contributed by atoms with Crippen molar-refractivity contribution < 1.29 is 14.7 Å². The first-order chi connectivity index (χ1) is 8.54. The van der Waals surface area contributed by atoms with E-state index in [4.69, 9.17) is 16.7 Å². The Hall–Kier alpha value is -1.59. The highest BCUT2D eigenvalue weighted by molar-refractivity contribution is 6.33. The highest BCUT2D eigenvalue weighted by Crippen LogP contribution is 2.23. The smallest absolute Gasteiger partial charge is 0.335 e. The summed E-state index contributed by atoms with van der Waals surface area (Å²) in [5.41, 5.74) is 0.402. The lowest BCUT2D eigenvalue weighted by Gasteiger charge is -2.08. The van der Waals surface area contributed by atoms with Crippen LogP contribution in [0, 0.1) is 0 Å². The number of nitrogens with one attached hydrogen (secondary N) is 2. The van der Waals surface area contributed by atoms with Crippen LogP contribution in [-0.2, 0) is 4.79 Å². The molecule has 0 unspecified atom stereocenters. The van der Waals surface area contributed by atoms with Gasteiger partial charge in [-0.05, 0) is 24.7 Å². The Morgan fingerprint density at radius 3 is 2.72 bits per heavy atom. The van der Waals surface area contributed by atoms with Crippen LogP contribution in [0.1, 0.15) is 23.7 Å². The molecule has 0 aliphatic carbocycles. The Kier molecular flexibility index (Phi) is 5.61. The zero-order chi connectivity index (χ0) is 13.5. The fourth-order valence-electron chi connectivity index (χ4n) is 1.35. The van der Waals surface area contributed by atoms with Gasteiger partial charge in [-0.3, -0.25) is 4.79 Å². The highest BCUT2D eigenvalue weighted by atomic mass is 35.5. The number of halogens is 1. The number of benzene rings is 1. The van der Waals surface area contributed by atoms with E-state index in [1.54, 1.807) is 0 Å². The van der Waals surface area contributed by atoms with Crippen LogP contribution in [0.2, 0.25) is 5.02 Å². The number of rotatable bonds is 6. The molecule has 1 aromatic carbocycles. The number of carboxylic acid groups (broad SMARTS) is 1. The molecule has 1 aromatic rings. The first-order valence-electron chi connectivity index (χ1n) is 5.58. The summed E-state index contributed by atoms with van der Waals surface area (Å²) in [5, 5.41) is 14.8. The van der Waals surface area contributed by atoms with E-state index in [2.05, 4.69) is 10.6 Å². The monoisotopic (exact) mass is 270 g/mol. The molecule has 0 fully saturated rings. The Bertz CT molecular complexity index is 449. The second-order valence-electron chi connectivity index (χ2n) is 3.65. The number of aromatic carboxylic acids is 1. The van der Waals surface area contributed by atoms with Crippen LogP contribution in [0.25, 0.3) is 0 Å². The maximum absolute atomic E-state index is 11.6. The lowest BCUT2D eigenvalue weighted by Crippen LogP contribution is -2.21. The van der Waals surface area contributed by atoms with Crippen LogP contribution in [0.5, 0.6) is 0 Å². The second-order valence-corrected chi connectivity index (χ2v) is 4.06. The number of amides is 1. The van der Waals surface area contributed by atoms with Gasteiger partial charge < -0.3 is 15.7 Å². The van der Waals surface area contributed by atoms with Crippen molar-refractivity contribution in [2.75, 3.05) is 18.4 Å². The number of carboxylic acids is 1. The number of anilines is 1. The van der Waals surface area contributed by atoms with Crippen molar-refractivity contribution >= 4 is 29.2 Å². The second kappa shape index (κ2) is 6.98. The van der Waals surface area contributed by atoms with Crippen molar-refractivity contribution in [3.05, 3.63) is 28.8 Å². The number of hydrogen-bond donors (Lipinski definition) is 3. The minimum absolute atomic E-state index is 0.0846. The van der Waals surface area contributed by atoms with Gasteiger partial charge in [-0.2, -0.15) is 0 Å². The fourth-order valence-corrected chi connectivity index (χ4v) is 1.51. The molecule has 1 rings (SSSR count). The van der Waals surface area contributed by atoms with Crippen molar-refractivity contribution in [2.45, 2.75) is 13.3 Å². The van der Waals surface area contributed by atoms with Crippen molar-refractivity contribution in [1.29, 1.82) is 0 Å². The molecule has 18 heavy (non-hydrogen) atoms. The molecule has 0 aliphatic rings. The highest BCUT2D eigenvalue weighted by Gasteiger charge is 2.09. The van der Waals surface area contributed by atoms with Gasteiger partial charge in [0.05, 0.1) is 16.3 Å². The lowest BCUT2D eigenvalue weighted by atomic mass is 10.2. The molecule has 0 bridgehead atoms. The molecule has 1 amide bonds. The summed E-state index contributed by atoms with van der Waals surface area (Å²) in [6.07, 6.45) is 0.307. The standard InChI is InChI=1S/C12H15ClN2O3/c1-2-14-6-5-11(16)15-10-7-8(12(17)18)3-4-9(10)13/h3-4,7,14H,2,5-6H2,1H3,(H,15,16)(H,17,18). The van der Waals surface area contributed by atoms with E-state index < -0.39 is 5.97 Å². The molecule has 0 aromatic heterocycles. The number of carbonyl (C=O) groups is 2. The predicted molar refractivity (Wildman–Crippen MR) is 70.2 cm³/mol. The fraction of sp³-hybridized carbons (Fsp3) is 0.333. The van der Waals surface area contributed by atoms with Crippen LogP contribution in [0.4, 0.5) is 5.69 Å². The summed E-state index contributed by atoms with van der Waals surface area (Å²) < 4.78 is 0. The maximum atomic E-state index is 11.6. The van der Waals surface area contributed by atoms with E-state index in [1.165, 1.54) is 18.2 Å². The minimum Gasteiger partial charge on any atom is -0.478 e. The van der Waals surface area contributed by atoms with E-state index in [1.807, 2.05) is 6.92 Å². The molecule has 0 radical (unpaired) electrons. The predicted octanol–water partition coefficient (Wildman–Crippen LogP) is 1.98. The van der Waals surface area contributed by atoms with Crippen molar-refractivity contribution in [2.24, 2.45) is 0 Å². The van der Waals surface area contributed by atoms with Crippen LogP contribution in [-0.4, -0.2) is 30.1 Å². The number of hydrogen-bond acceptors (Lipinski definition) is 3. The normalized spacial score (nSPS) is 10.1. The third kappa shape index (κ3) is 4.35. The van der Waals surface area contributed by atoms with E-state index in [-0.39, 0.29) is 11.5 Å². The van der Waals surface area contributed by atoms with Gasteiger partial charge in [0, 0.05) is 13.0 Å². The average molecular weight is 271 g/mol. The molecule has 0 spiro atoms. The average Bonchev–Trinajstić information content (AvgIpc) is 2.32. The molecule has 0 heterocycles. The zero-order valence-electron chi connectivity index (χ0n) is 10.00. The molecule has 3 N–H and O–H groups in total. The van der Waals surface area contributed by atoms with Crippen LogP contribution in [0.15, 0.2) is 18.2 Å². The molecule has 0 saturated carbocycles. The summed E-state index contributed by atoms with van der Waals surface area (Å²) in [7, 11) is 0. The summed E-state index contributed by atoms with van der Waals surface area (Å²) in [6.45, 7) is 3.31. The molecule has 6 heteroatoms. The number of carbonyl (C=O) groups excluding carboxylic acids is 1.